The van der Waals surface area contributed by atoms with Crippen molar-refractivity contribution in [1.82, 2.24) is 9.97 Å². The quantitative estimate of drug-likeness (QED) is 0.163. The van der Waals surface area contributed by atoms with E-state index >= 15 is 0 Å². The fourth-order valence-corrected chi connectivity index (χ4v) is 6.74. The summed E-state index contributed by atoms with van der Waals surface area (Å²) in [7, 11) is 0. The third-order valence-electron chi connectivity index (χ3n) is 8.73. The Bertz CT molecular complexity index is 2080. The number of H-pyrrole nitrogens is 2. The van der Waals surface area contributed by atoms with Gasteiger partial charge in [0.25, 0.3) is 0 Å². The van der Waals surface area contributed by atoms with Crippen LogP contribution in [-0.2, 0) is 0 Å². The number of rotatable bonds is 1. The Hall–Kier alpha value is -4.84. The van der Waals surface area contributed by atoms with E-state index < -0.39 is 11.2 Å². The van der Waals surface area contributed by atoms with Crippen LogP contribution in [0.1, 0.15) is 49.9 Å². The minimum Gasteiger partial charge on any atom is -0.507 e. The number of phenolic OH excluding ortho intramolecular Hbond substituents is 2. The number of benzene rings is 4. The van der Waals surface area contributed by atoms with Crippen LogP contribution in [0, 0.1) is 13.8 Å². The van der Waals surface area contributed by atoms with E-state index in [4.69, 9.17) is 9.47 Å². The van der Waals surface area contributed by atoms with Crippen LogP contribution in [0.2, 0.25) is 0 Å². The zero-order chi connectivity index (χ0) is 29.3. The van der Waals surface area contributed by atoms with Gasteiger partial charge in [0, 0.05) is 32.7 Å². The summed E-state index contributed by atoms with van der Waals surface area (Å²) in [5.74, 6) is 1.87. The third-order valence-corrected chi connectivity index (χ3v) is 8.73. The highest BCUT2D eigenvalue weighted by Crippen LogP contribution is 2.50. The number of hydrogen-bond acceptors (Lipinski definition) is 4. The molecule has 0 radical (unpaired) electrons. The van der Waals surface area contributed by atoms with Gasteiger partial charge in [-0.2, -0.15) is 0 Å². The van der Waals surface area contributed by atoms with E-state index in [1.165, 1.54) is 0 Å². The summed E-state index contributed by atoms with van der Waals surface area (Å²) in [6.45, 7) is 12.3. The normalized spacial score (nSPS) is 16.6. The van der Waals surface area contributed by atoms with Crippen LogP contribution in [0.5, 0.6) is 23.0 Å². The van der Waals surface area contributed by atoms with Crippen molar-refractivity contribution in [1.29, 1.82) is 0 Å². The summed E-state index contributed by atoms with van der Waals surface area (Å²) in [5.41, 5.74) is 7.72. The van der Waals surface area contributed by atoms with Gasteiger partial charge in [0.1, 0.15) is 34.2 Å². The second-order valence-electron chi connectivity index (χ2n) is 12.8. The molecule has 8 rings (SSSR count). The Morgan fingerprint density at radius 1 is 0.571 bits per heavy atom. The molecule has 0 saturated carbocycles. The molecule has 4 heterocycles. The highest BCUT2D eigenvalue weighted by atomic mass is 16.5. The molecule has 210 valence electrons. The molecule has 2 aromatic heterocycles. The maximum absolute atomic E-state index is 11.4. The van der Waals surface area contributed by atoms with E-state index in [0.29, 0.717) is 11.1 Å². The number of aromatic amines is 2. The van der Waals surface area contributed by atoms with Gasteiger partial charge in [0.05, 0.1) is 33.2 Å². The smallest absolute Gasteiger partial charge is 0.132 e. The van der Waals surface area contributed by atoms with E-state index in [1.807, 2.05) is 39.8 Å². The van der Waals surface area contributed by atoms with Crippen LogP contribution >= 0.6 is 0 Å². The molecule has 0 fully saturated rings. The standard InChI is InChI=1S/C36H32N2O4/c1-17-15-23-19-7-9-25(39)27(31(19)37-29(23)21-11-13-35(3,4)41-33(17)21)28-26(40)10-8-20-24-16-18(2)34-22(30(24)38-32(20)28)12-14-36(5,6)42-34/h7-16,37-40H,1-6H3. The molecular formula is C36H32N2O4. The number of fused-ring (bicyclic) bond motifs is 10. The van der Waals surface area contributed by atoms with Gasteiger partial charge in [-0.1, -0.05) is 0 Å². The lowest BCUT2D eigenvalue weighted by Crippen LogP contribution is -2.28. The maximum Gasteiger partial charge on any atom is 0.132 e. The number of phenols is 2. The van der Waals surface area contributed by atoms with Crippen LogP contribution in [0.3, 0.4) is 0 Å². The average Bonchev–Trinajstić information content (AvgIpc) is 3.47. The van der Waals surface area contributed by atoms with Gasteiger partial charge in [0.2, 0.25) is 0 Å². The Morgan fingerprint density at radius 2 is 0.976 bits per heavy atom. The lowest BCUT2D eigenvalue weighted by Gasteiger charge is -2.29. The molecule has 6 nitrogen and oxygen atoms in total. The van der Waals surface area contributed by atoms with E-state index in [0.717, 1.165) is 77.4 Å². The van der Waals surface area contributed by atoms with Crippen molar-refractivity contribution in [2.45, 2.75) is 52.7 Å². The Labute approximate surface area is 242 Å². The molecule has 0 amide bonds. The van der Waals surface area contributed by atoms with Crippen LogP contribution in [0.15, 0.2) is 48.6 Å². The van der Waals surface area contributed by atoms with Crippen molar-refractivity contribution in [3.63, 3.8) is 0 Å². The maximum atomic E-state index is 11.4. The van der Waals surface area contributed by atoms with Crippen LogP contribution in [-0.4, -0.2) is 31.4 Å². The second kappa shape index (κ2) is 7.91. The van der Waals surface area contributed by atoms with Gasteiger partial charge in [-0.25, -0.2) is 0 Å². The molecule has 0 spiro atoms. The van der Waals surface area contributed by atoms with Gasteiger partial charge in [-0.15, -0.1) is 0 Å². The third kappa shape index (κ3) is 3.32. The van der Waals surface area contributed by atoms with Crippen molar-refractivity contribution in [3.05, 3.63) is 70.8 Å². The predicted octanol–water partition coefficient (Wildman–Crippen LogP) is 9.02. The summed E-state index contributed by atoms with van der Waals surface area (Å²) in [6, 6.07) is 11.6. The fraction of sp³-hybridized carbons (Fsp3) is 0.222. The van der Waals surface area contributed by atoms with Crippen molar-refractivity contribution >= 4 is 55.8 Å². The SMILES string of the molecule is Cc1cc2c([nH]c3c(-c4c(O)ccc5c4[nH]c4c6c(c(C)cc45)OC(C)(C)C=C6)c(O)ccc32)c2c1OC(C)(C)C=C2. The number of aryl methyl sites for hydroxylation is 2. The zero-order valence-corrected chi connectivity index (χ0v) is 24.5. The number of aromatic nitrogens is 2. The molecule has 2 aliphatic heterocycles. The fourth-order valence-electron chi connectivity index (χ4n) is 6.74. The summed E-state index contributed by atoms with van der Waals surface area (Å²) < 4.78 is 12.7. The first kappa shape index (κ1) is 24.9. The molecule has 6 heteroatoms. The second-order valence-corrected chi connectivity index (χ2v) is 12.8. The van der Waals surface area contributed by atoms with Gasteiger partial charge in [0.15, 0.2) is 0 Å². The van der Waals surface area contributed by atoms with E-state index in [1.54, 1.807) is 12.1 Å². The molecule has 4 N–H and O–H groups in total. The summed E-state index contributed by atoms with van der Waals surface area (Å²) >= 11 is 0. The summed E-state index contributed by atoms with van der Waals surface area (Å²) in [4.78, 5) is 7.23. The number of hydrogen-bond donors (Lipinski definition) is 4. The molecule has 0 bridgehead atoms. The van der Waals surface area contributed by atoms with Gasteiger partial charge < -0.3 is 29.7 Å². The minimum absolute atomic E-state index is 0.0808. The number of ether oxygens (including phenoxy) is 2. The Morgan fingerprint density at radius 3 is 1.38 bits per heavy atom. The monoisotopic (exact) mass is 556 g/mol. The topological polar surface area (TPSA) is 90.5 Å². The highest BCUT2D eigenvalue weighted by Gasteiger charge is 2.29. The molecule has 6 aromatic rings. The molecule has 0 atom stereocenters. The number of nitrogens with one attached hydrogen (secondary N) is 2. The molecular weight excluding hydrogens is 524 g/mol. The minimum atomic E-state index is -0.397. The first-order valence-electron chi connectivity index (χ1n) is 14.3. The van der Waals surface area contributed by atoms with Crippen molar-refractivity contribution in [2.24, 2.45) is 0 Å². The molecule has 4 aromatic carbocycles. The zero-order valence-electron chi connectivity index (χ0n) is 24.5. The first-order chi connectivity index (χ1) is 19.9. The van der Waals surface area contributed by atoms with Crippen LogP contribution in [0.4, 0.5) is 0 Å². The summed E-state index contributed by atoms with van der Waals surface area (Å²) in [5, 5.41) is 26.8. The predicted molar refractivity (Wildman–Crippen MR) is 171 cm³/mol. The summed E-state index contributed by atoms with van der Waals surface area (Å²) in [6.07, 6.45) is 8.36. The lowest BCUT2D eigenvalue weighted by atomic mass is 9.95. The van der Waals surface area contributed by atoms with Gasteiger partial charge in [-0.05, 0) is 113 Å². The van der Waals surface area contributed by atoms with Crippen molar-refractivity contribution in [2.75, 3.05) is 0 Å². The largest absolute Gasteiger partial charge is 0.507 e. The molecule has 2 aliphatic rings. The lowest BCUT2D eigenvalue weighted by molar-refractivity contribution is 0.157. The van der Waals surface area contributed by atoms with Crippen LogP contribution < -0.4 is 9.47 Å². The van der Waals surface area contributed by atoms with Crippen molar-refractivity contribution < 1.29 is 19.7 Å². The van der Waals surface area contributed by atoms with E-state index in [9.17, 15) is 10.2 Å². The van der Waals surface area contributed by atoms with Gasteiger partial charge in [-0.3, -0.25) is 0 Å². The molecule has 0 unspecified atom stereocenters. The Balaban J connectivity index is 1.46. The average molecular weight is 557 g/mol. The first-order valence-corrected chi connectivity index (χ1v) is 14.3. The van der Waals surface area contributed by atoms with Crippen molar-refractivity contribution in [3.8, 4) is 34.1 Å². The van der Waals surface area contributed by atoms with E-state index in [-0.39, 0.29) is 11.5 Å². The highest BCUT2D eigenvalue weighted by molar-refractivity contribution is 6.21. The molecule has 42 heavy (non-hydrogen) atoms. The Kier molecular flexibility index (Phi) is 4.69. The number of aromatic hydroxyl groups is 2. The molecule has 0 aliphatic carbocycles. The molecule has 0 saturated heterocycles. The van der Waals surface area contributed by atoms with E-state index in [2.05, 4.69) is 60.3 Å². The van der Waals surface area contributed by atoms with Crippen LogP contribution in [0.25, 0.3) is 66.9 Å². The van der Waals surface area contributed by atoms with Gasteiger partial charge >= 0.3 is 0 Å².